The Morgan fingerprint density at radius 2 is 1.80 bits per heavy atom. The van der Waals surface area contributed by atoms with Gasteiger partial charge >= 0.3 is 0 Å². The van der Waals surface area contributed by atoms with Gasteiger partial charge in [0.05, 0.1) is 23.4 Å². The number of benzene rings is 2. The molecule has 1 saturated heterocycles. The molecule has 1 unspecified atom stereocenters. The van der Waals surface area contributed by atoms with Crippen LogP contribution in [0.3, 0.4) is 0 Å². The predicted octanol–water partition coefficient (Wildman–Crippen LogP) is 3.38. The van der Waals surface area contributed by atoms with E-state index in [9.17, 15) is 9.59 Å². The number of ketones is 1. The first-order chi connectivity index (χ1) is 14.5. The Hall–Kier alpha value is -3.30. The van der Waals surface area contributed by atoms with Crippen LogP contribution in [-0.4, -0.2) is 48.5 Å². The average Bonchev–Trinajstić information content (AvgIpc) is 3.08. The third-order valence-electron chi connectivity index (χ3n) is 5.88. The molecule has 2 heterocycles. The van der Waals surface area contributed by atoms with Crippen molar-refractivity contribution in [2.75, 3.05) is 25.5 Å². The highest BCUT2D eigenvalue weighted by atomic mass is 16.2. The lowest BCUT2D eigenvalue weighted by Crippen LogP contribution is -2.33. The van der Waals surface area contributed by atoms with Crippen LogP contribution in [0.5, 0.6) is 0 Å². The van der Waals surface area contributed by atoms with Crippen molar-refractivity contribution < 1.29 is 9.59 Å². The normalized spacial score (nSPS) is 19.8. The highest BCUT2D eigenvalue weighted by Crippen LogP contribution is 2.36. The number of hydrogen-bond acceptors (Lipinski definition) is 5. The number of aliphatic imine (C=N–C) groups is 1. The summed E-state index contributed by atoms with van der Waals surface area (Å²) in [4.78, 5) is 32.3. The van der Waals surface area contributed by atoms with Crippen molar-refractivity contribution >= 4 is 23.1 Å². The first-order valence-corrected chi connectivity index (χ1v) is 10.2. The number of carbonyl (C=O) groups is 2. The molecule has 0 bridgehead atoms. The second-order valence-corrected chi connectivity index (χ2v) is 8.02. The van der Waals surface area contributed by atoms with Gasteiger partial charge in [0.15, 0.2) is 5.78 Å². The standard InChI is InChI=1S/C24H24N4O2/c1-15(29)18-7-8-21-20(13-18)22(24(30)27-21)23(17-5-3-16(14-25)4-6-17)26-19-9-11-28(2)12-10-19/h3-8,13,19,22H,9-12H2,1-2H3,(H,27,30). The Bertz CT molecular complexity index is 1060. The quantitative estimate of drug-likeness (QED) is 0.630. The molecule has 0 aromatic heterocycles. The van der Waals surface area contributed by atoms with Gasteiger partial charge in [0, 0.05) is 11.3 Å². The van der Waals surface area contributed by atoms with E-state index < -0.39 is 5.92 Å². The Morgan fingerprint density at radius 3 is 2.43 bits per heavy atom. The molecule has 0 saturated carbocycles. The summed E-state index contributed by atoms with van der Waals surface area (Å²) in [7, 11) is 2.10. The summed E-state index contributed by atoms with van der Waals surface area (Å²) in [5, 5.41) is 12.1. The number of fused-ring (bicyclic) bond motifs is 1. The summed E-state index contributed by atoms with van der Waals surface area (Å²) in [6.07, 6.45) is 1.87. The second kappa shape index (κ2) is 8.21. The van der Waals surface area contributed by atoms with Crippen molar-refractivity contribution in [2.24, 2.45) is 4.99 Å². The fourth-order valence-corrected chi connectivity index (χ4v) is 4.10. The maximum Gasteiger partial charge on any atom is 0.238 e. The topological polar surface area (TPSA) is 85.6 Å². The molecule has 6 nitrogen and oxygen atoms in total. The van der Waals surface area contributed by atoms with Gasteiger partial charge in [0.2, 0.25) is 5.91 Å². The van der Waals surface area contributed by atoms with Crippen LogP contribution in [0.4, 0.5) is 5.69 Å². The Balaban J connectivity index is 1.80. The van der Waals surface area contributed by atoms with Crippen molar-refractivity contribution in [3.05, 3.63) is 64.7 Å². The van der Waals surface area contributed by atoms with E-state index in [1.54, 1.807) is 30.3 Å². The van der Waals surface area contributed by atoms with Crippen molar-refractivity contribution in [3.63, 3.8) is 0 Å². The number of carbonyl (C=O) groups excluding carboxylic acids is 2. The number of anilines is 1. The summed E-state index contributed by atoms with van der Waals surface area (Å²) >= 11 is 0. The van der Waals surface area contributed by atoms with Gasteiger partial charge in [-0.2, -0.15) is 5.26 Å². The molecular weight excluding hydrogens is 376 g/mol. The van der Waals surface area contributed by atoms with E-state index in [4.69, 9.17) is 10.3 Å². The zero-order valence-electron chi connectivity index (χ0n) is 17.2. The zero-order valence-corrected chi connectivity index (χ0v) is 17.2. The number of hydrogen-bond donors (Lipinski definition) is 1. The summed E-state index contributed by atoms with van der Waals surface area (Å²) in [6.45, 7) is 3.46. The van der Waals surface area contributed by atoms with Gasteiger partial charge < -0.3 is 10.2 Å². The predicted molar refractivity (Wildman–Crippen MR) is 116 cm³/mol. The minimum atomic E-state index is -0.577. The fourth-order valence-electron chi connectivity index (χ4n) is 4.10. The maximum absolute atomic E-state index is 13.0. The number of Topliss-reactive ketones (excluding diaryl/α,β-unsaturated/α-hetero) is 1. The van der Waals surface area contributed by atoms with Gasteiger partial charge in [-0.1, -0.05) is 12.1 Å². The Morgan fingerprint density at radius 1 is 1.13 bits per heavy atom. The number of nitrogens with one attached hydrogen (secondary N) is 1. The molecule has 0 radical (unpaired) electrons. The second-order valence-electron chi connectivity index (χ2n) is 8.02. The van der Waals surface area contributed by atoms with E-state index in [1.165, 1.54) is 6.92 Å². The number of rotatable bonds is 4. The van der Waals surface area contributed by atoms with Crippen LogP contribution in [0.2, 0.25) is 0 Å². The number of amides is 1. The highest BCUT2D eigenvalue weighted by Gasteiger charge is 2.36. The molecule has 1 amide bonds. The zero-order chi connectivity index (χ0) is 21.3. The van der Waals surface area contributed by atoms with E-state index in [-0.39, 0.29) is 17.7 Å². The van der Waals surface area contributed by atoms with Gasteiger partial charge in [0.25, 0.3) is 0 Å². The van der Waals surface area contributed by atoms with E-state index in [1.807, 2.05) is 12.1 Å². The molecule has 4 rings (SSSR count). The van der Waals surface area contributed by atoms with Crippen LogP contribution < -0.4 is 5.32 Å². The highest BCUT2D eigenvalue weighted by molar-refractivity contribution is 6.24. The lowest BCUT2D eigenvalue weighted by Gasteiger charge is -2.28. The van der Waals surface area contributed by atoms with Crippen LogP contribution in [0.15, 0.2) is 47.5 Å². The lowest BCUT2D eigenvalue weighted by atomic mass is 9.88. The van der Waals surface area contributed by atoms with Crippen LogP contribution in [0, 0.1) is 11.3 Å². The molecule has 152 valence electrons. The van der Waals surface area contributed by atoms with Crippen LogP contribution in [0.1, 0.15) is 52.7 Å². The molecule has 2 aromatic rings. The Labute approximate surface area is 176 Å². The van der Waals surface area contributed by atoms with Crippen molar-refractivity contribution in [3.8, 4) is 6.07 Å². The third kappa shape index (κ3) is 3.89. The SMILES string of the molecule is CC(=O)c1ccc2c(c1)C(C(=NC1CCN(C)CC1)c1ccc(C#N)cc1)C(=O)N2. The molecule has 1 N–H and O–H groups in total. The monoisotopic (exact) mass is 400 g/mol. The molecule has 2 aromatic carbocycles. The van der Waals surface area contributed by atoms with Gasteiger partial charge in [-0.3, -0.25) is 14.6 Å². The third-order valence-corrected chi connectivity index (χ3v) is 5.88. The first kappa shape index (κ1) is 20.0. The molecule has 1 fully saturated rings. The lowest BCUT2D eigenvalue weighted by molar-refractivity contribution is -0.115. The summed E-state index contributed by atoms with van der Waals surface area (Å²) in [6, 6.07) is 14.8. The smallest absolute Gasteiger partial charge is 0.238 e. The van der Waals surface area contributed by atoms with E-state index >= 15 is 0 Å². The summed E-state index contributed by atoms with van der Waals surface area (Å²) < 4.78 is 0. The molecule has 1 atom stereocenters. The molecule has 0 spiro atoms. The molecular formula is C24H24N4O2. The van der Waals surface area contributed by atoms with Crippen molar-refractivity contribution in [1.29, 1.82) is 5.26 Å². The van der Waals surface area contributed by atoms with Crippen LogP contribution in [-0.2, 0) is 4.79 Å². The number of nitrogens with zero attached hydrogens (tertiary/aromatic N) is 3. The van der Waals surface area contributed by atoms with Crippen molar-refractivity contribution in [2.45, 2.75) is 31.7 Å². The maximum atomic E-state index is 13.0. The fraction of sp³-hybridized carbons (Fsp3) is 0.333. The first-order valence-electron chi connectivity index (χ1n) is 10.2. The van der Waals surface area contributed by atoms with Crippen LogP contribution in [0.25, 0.3) is 0 Å². The molecule has 2 aliphatic rings. The molecule has 0 aliphatic carbocycles. The van der Waals surface area contributed by atoms with Gasteiger partial charge in [0.1, 0.15) is 5.92 Å². The molecule has 2 aliphatic heterocycles. The minimum absolute atomic E-state index is 0.0388. The Kier molecular flexibility index (Phi) is 5.47. The van der Waals surface area contributed by atoms with Crippen molar-refractivity contribution in [1.82, 2.24) is 4.90 Å². The molecule has 30 heavy (non-hydrogen) atoms. The summed E-state index contributed by atoms with van der Waals surface area (Å²) in [5.41, 5.74) is 4.17. The number of piperidine rings is 1. The number of likely N-dealkylation sites (tertiary alicyclic amines) is 1. The van der Waals surface area contributed by atoms with Gasteiger partial charge in [-0.15, -0.1) is 0 Å². The van der Waals surface area contributed by atoms with Crippen LogP contribution >= 0.6 is 0 Å². The number of nitriles is 1. The van der Waals surface area contributed by atoms with E-state index in [0.29, 0.717) is 16.8 Å². The average molecular weight is 400 g/mol. The largest absolute Gasteiger partial charge is 0.325 e. The summed E-state index contributed by atoms with van der Waals surface area (Å²) in [5.74, 6) is -0.753. The van der Waals surface area contributed by atoms with E-state index in [0.717, 1.165) is 42.7 Å². The van der Waals surface area contributed by atoms with Gasteiger partial charge in [-0.05, 0) is 81.4 Å². The van der Waals surface area contributed by atoms with Gasteiger partial charge in [-0.25, -0.2) is 0 Å². The molecule has 6 heteroatoms. The van der Waals surface area contributed by atoms with E-state index in [2.05, 4.69) is 23.3 Å². The minimum Gasteiger partial charge on any atom is -0.325 e.